The van der Waals surface area contributed by atoms with Gasteiger partial charge in [0.15, 0.2) is 0 Å². The summed E-state index contributed by atoms with van der Waals surface area (Å²) >= 11 is 0. The number of hydrogen-bond acceptors (Lipinski definition) is 4. The van der Waals surface area contributed by atoms with Crippen molar-refractivity contribution in [3.05, 3.63) is 29.8 Å². The zero-order valence-corrected chi connectivity index (χ0v) is 14.3. The number of rotatable bonds is 4. The highest BCUT2D eigenvalue weighted by atomic mass is 16.5. The molecule has 1 N–H and O–H groups in total. The Labute approximate surface area is 142 Å². The standard InChI is InChI=1S/C18H25N3O3/c1-13-10-19-7-8-21(13)18(23)15-9-17(22)20(12-15)11-14-3-5-16(24-2)6-4-14/h3-6,13,15,19H,7-12H2,1-2H3/t13-,15?/m0/s1. The van der Waals surface area contributed by atoms with Gasteiger partial charge in [0.05, 0.1) is 13.0 Å². The third kappa shape index (κ3) is 3.53. The lowest BCUT2D eigenvalue weighted by molar-refractivity contribution is -0.138. The molecule has 2 aliphatic heterocycles. The second-order valence-corrected chi connectivity index (χ2v) is 6.61. The van der Waals surface area contributed by atoms with Crippen molar-refractivity contribution in [1.29, 1.82) is 0 Å². The van der Waals surface area contributed by atoms with E-state index < -0.39 is 0 Å². The molecule has 24 heavy (non-hydrogen) atoms. The maximum Gasteiger partial charge on any atom is 0.228 e. The predicted molar refractivity (Wildman–Crippen MR) is 90.6 cm³/mol. The second kappa shape index (κ2) is 7.21. The summed E-state index contributed by atoms with van der Waals surface area (Å²) < 4.78 is 5.15. The van der Waals surface area contributed by atoms with E-state index in [-0.39, 0.29) is 23.8 Å². The molecule has 1 aromatic rings. The first-order chi connectivity index (χ1) is 11.6. The molecule has 1 unspecified atom stereocenters. The van der Waals surface area contributed by atoms with E-state index in [9.17, 15) is 9.59 Å². The van der Waals surface area contributed by atoms with Crippen molar-refractivity contribution in [3.8, 4) is 5.75 Å². The van der Waals surface area contributed by atoms with Crippen LogP contribution in [0.2, 0.25) is 0 Å². The molecule has 1 aromatic carbocycles. The molecule has 2 saturated heterocycles. The Bertz CT molecular complexity index is 602. The van der Waals surface area contributed by atoms with Crippen LogP contribution in [0.5, 0.6) is 5.75 Å². The summed E-state index contributed by atoms with van der Waals surface area (Å²) in [6, 6.07) is 7.89. The summed E-state index contributed by atoms with van der Waals surface area (Å²) in [6.45, 7) is 5.48. The maximum absolute atomic E-state index is 12.7. The number of carbonyl (C=O) groups is 2. The predicted octanol–water partition coefficient (Wildman–Crippen LogP) is 0.864. The van der Waals surface area contributed by atoms with Crippen molar-refractivity contribution >= 4 is 11.8 Å². The number of likely N-dealkylation sites (tertiary alicyclic amines) is 1. The third-order valence-corrected chi connectivity index (χ3v) is 4.88. The lowest BCUT2D eigenvalue weighted by atomic mass is 10.1. The molecule has 0 radical (unpaired) electrons. The molecule has 0 aromatic heterocycles. The number of nitrogens with zero attached hydrogens (tertiary/aromatic N) is 2. The summed E-state index contributed by atoms with van der Waals surface area (Å²) in [7, 11) is 1.63. The molecular weight excluding hydrogens is 306 g/mol. The fraction of sp³-hybridized carbons (Fsp3) is 0.556. The van der Waals surface area contributed by atoms with Crippen molar-refractivity contribution < 1.29 is 14.3 Å². The van der Waals surface area contributed by atoms with E-state index in [1.54, 1.807) is 12.0 Å². The van der Waals surface area contributed by atoms with Gasteiger partial charge in [-0.2, -0.15) is 0 Å². The van der Waals surface area contributed by atoms with E-state index in [0.717, 1.165) is 30.9 Å². The molecule has 0 saturated carbocycles. The molecule has 0 bridgehead atoms. The SMILES string of the molecule is COc1ccc(CN2CC(C(=O)N3CCNC[C@@H]3C)CC2=O)cc1. The summed E-state index contributed by atoms with van der Waals surface area (Å²) in [5, 5.41) is 3.29. The molecule has 0 aliphatic carbocycles. The van der Waals surface area contributed by atoms with Gasteiger partial charge in [-0.15, -0.1) is 0 Å². The topological polar surface area (TPSA) is 61.9 Å². The van der Waals surface area contributed by atoms with Crippen molar-refractivity contribution in [2.75, 3.05) is 33.3 Å². The third-order valence-electron chi connectivity index (χ3n) is 4.88. The number of hydrogen-bond donors (Lipinski definition) is 1. The fourth-order valence-electron chi connectivity index (χ4n) is 3.44. The van der Waals surface area contributed by atoms with Crippen molar-refractivity contribution in [3.63, 3.8) is 0 Å². The number of nitrogens with one attached hydrogen (secondary N) is 1. The molecule has 6 heteroatoms. The summed E-state index contributed by atoms with van der Waals surface area (Å²) in [5.41, 5.74) is 1.05. The molecule has 2 atom stereocenters. The van der Waals surface area contributed by atoms with Crippen LogP contribution >= 0.6 is 0 Å². The van der Waals surface area contributed by atoms with E-state index in [0.29, 0.717) is 19.5 Å². The van der Waals surface area contributed by atoms with E-state index in [4.69, 9.17) is 4.74 Å². The number of piperazine rings is 1. The van der Waals surface area contributed by atoms with Gasteiger partial charge in [0.1, 0.15) is 5.75 Å². The average Bonchev–Trinajstić information content (AvgIpc) is 2.96. The highest BCUT2D eigenvalue weighted by Crippen LogP contribution is 2.24. The molecule has 2 fully saturated rings. The highest BCUT2D eigenvalue weighted by molar-refractivity contribution is 5.89. The van der Waals surface area contributed by atoms with Crippen LogP contribution in [-0.4, -0.2) is 60.9 Å². The summed E-state index contributed by atoms with van der Waals surface area (Å²) in [6.07, 6.45) is 0.325. The summed E-state index contributed by atoms with van der Waals surface area (Å²) in [4.78, 5) is 28.8. The summed E-state index contributed by atoms with van der Waals surface area (Å²) in [5.74, 6) is 0.769. The van der Waals surface area contributed by atoms with Gasteiger partial charge in [-0.05, 0) is 24.6 Å². The smallest absolute Gasteiger partial charge is 0.228 e. The van der Waals surface area contributed by atoms with E-state index in [2.05, 4.69) is 12.2 Å². The quantitative estimate of drug-likeness (QED) is 0.889. The van der Waals surface area contributed by atoms with Gasteiger partial charge >= 0.3 is 0 Å². The number of benzene rings is 1. The van der Waals surface area contributed by atoms with Crippen LogP contribution in [0.1, 0.15) is 18.9 Å². The van der Waals surface area contributed by atoms with Gasteiger partial charge in [0.2, 0.25) is 11.8 Å². The van der Waals surface area contributed by atoms with Crippen LogP contribution in [-0.2, 0) is 16.1 Å². The molecule has 3 rings (SSSR count). The Morgan fingerprint density at radius 2 is 2.08 bits per heavy atom. The minimum atomic E-state index is -0.212. The number of carbonyl (C=O) groups excluding carboxylic acids is 2. The normalized spacial score (nSPS) is 24.3. The molecule has 6 nitrogen and oxygen atoms in total. The molecule has 130 valence electrons. The lowest BCUT2D eigenvalue weighted by Crippen LogP contribution is -2.54. The molecule has 2 amide bonds. The molecule has 0 spiro atoms. The lowest BCUT2D eigenvalue weighted by Gasteiger charge is -2.35. The Kier molecular flexibility index (Phi) is 5.04. The number of amides is 2. The van der Waals surface area contributed by atoms with E-state index in [1.807, 2.05) is 29.2 Å². The Balaban J connectivity index is 1.61. The molecular formula is C18H25N3O3. The van der Waals surface area contributed by atoms with Crippen molar-refractivity contribution in [1.82, 2.24) is 15.1 Å². The zero-order chi connectivity index (χ0) is 17.1. The van der Waals surface area contributed by atoms with Gasteiger partial charge in [0.25, 0.3) is 0 Å². The van der Waals surface area contributed by atoms with Crippen molar-refractivity contribution in [2.24, 2.45) is 5.92 Å². The van der Waals surface area contributed by atoms with Crippen LogP contribution in [0, 0.1) is 5.92 Å². The second-order valence-electron chi connectivity index (χ2n) is 6.61. The van der Waals surface area contributed by atoms with E-state index in [1.165, 1.54) is 0 Å². The molecule has 2 heterocycles. The Morgan fingerprint density at radius 1 is 1.33 bits per heavy atom. The minimum absolute atomic E-state index is 0.0620. The van der Waals surface area contributed by atoms with Gasteiger partial charge in [-0.25, -0.2) is 0 Å². The van der Waals surface area contributed by atoms with Crippen LogP contribution in [0.25, 0.3) is 0 Å². The largest absolute Gasteiger partial charge is 0.497 e. The Hall–Kier alpha value is -2.08. The molecule has 2 aliphatic rings. The van der Waals surface area contributed by atoms with Gasteiger partial charge < -0.3 is 19.9 Å². The highest BCUT2D eigenvalue weighted by Gasteiger charge is 2.38. The van der Waals surface area contributed by atoms with Crippen LogP contribution in [0.4, 0.5) is 0 Å². The van der Waals surface area contributed by atoms with Crippen LogP contribution in [0.15, 0.2) is 24.3 Å². The Morgan fingerprint density at radius 3 is 2.75 bits per heavy atom. The number of methoxy groups -OCH3 is 1. The van der Waals surface area contributed by atoms with Crippen LogP contribution < -0.4 is 10.1 Å². The van der Waals surface area contributed by atoms with Gasteiger partial charge in [-0.3, -0.25) is 9.59 Å². The average molecular weight is 331 g/mol. The van der Waals surface area contributed by atoms with Gasteiger partial charge in [-0.1, -0.05) is 12.1 Å². The van der Waals surface area contributed by atoms with Crippen LogP contribution in [0.3, 0.4) is 0 Å². The first-order valence-electron chi connectivity index (χ1n) is 8.50. The monoisotopic (exact) mass is 331 g/mol. The van der Waals surface area contributed by atoms with E-state index >= 15 is 0 Å². The first-order valence-corrected chi connectivity index (χ1v) is 8.50. The van der Waals surface area contributed by atoms with Crippen molar-refractivity contribution in [2.45, 2.75) is 25.9 Å². The number of ether oxygens (including phenoxy) is 1. The van der Waals surface area contributed by atoms with Gasteiger partial charge in [0, 0.05) is 45.2 Å². The maximum atomic E-state index is 12.7. The first kappa shape index (κ1) is 16.8. The minimum Gasteiger partial charge on any atom is -0.497 e. The fourth-order valence-corrected chi connectivity index (χ4v) is 3.44. The zero-order valence-electron chi connectivity index (χ0n) is 14.3.